The van der Waals surface area contributed by atoms with Crippen LogP contribution >= 0.6 is 0 Å². The SMILES string of the molecule is CC(Cn1cnc2c1c(=O)n(C)c(=O)n2C)OC(=O)C1c2ccccc2-c2ccccc21. The minimum Gasteiger partial charge on any atom is -0.460 e. The maximum atomic E-state index is 13.2. The van der Waals surface area contributed by atoms with Crippen molar-refractivity contribution >= 4 is 17.1 Å². The molecule has 2 aromatic carbocycles. The fraction of sp³-hybridized carbons (Fsp3) is 0.250. The van der Waals surface area contributed by atoms with E-state index in [0.29, 0.717) is 11.2 Å². The average molecular weight is 430 g/mol. The van der Waals surface area contributed by atoms with E-state index in [9.17, 15) is 14.4 Å². The van der Waals surface area contributed by atoms with Gasteiger partial charge in [-0.2, -0.15) is 0 Å². The molecule has 8 nitrogen and oxygen atoms in total. The van der Waals surface area contributed by atoms with Crippen molar-refractivity contribution in [1.29, 1.82) is 0 Å². The van der Waals surface area contributed by atoms with Crippen LogP contribution in [0.15, 0.2) is 64.4 Å². The summed E-state index contributed by atoms with van der Waals surface area (Å²) in [5.74, 6) is -0.822. The Kier molecular flexibility index (Phi) is 4.58. The molecule has 0 spiro atoms. The maximum Gasteiger partial charge on any atom is 0.332 e. The molecule has 1 unspecified atom stereocenters. The molecule has 1 atom stereocenters. The van der Waals surface area contributed by atoms with Gasteiger partial charge >= 0.3 is 11.7 Å². The molecule has 2 aromatic heterocycles. The minimum atomic E-state index is -0.512. The number of ether oxygens (including phenoxy) is 1. The second kappa shape index (κ2) is 7.33. The molecule has 0 saturated heterocycles. The summed E-state index contributed by atoms with van der Waals surface area (Å²) in [6, 6.07) is 15.7. The van der Waals surface area contributed by atoms with Gasteiger partial charge in [-0.15, -0.1) is 0 Å². The lowest BCUT2D eigenvalue weighted by atomic mass is 9.97. The molecule has 0 radical (unpaired) electrons. The molecule has 0 saturated carbocycles. The number of imidazole rings is 1. The second-order valence-electron chi connectivity index (χ2n) is 8.13. The third-order valence-corrected chi connectivity index (χ3v) is 6.06. The Labute approximate surface area is 183 Å². The number of carbonyl (C=O) groups excluding carboxylic acids is 1. The molecular formula is C24H22N4O4. The van der Waals surface area contributed by atoms with Gasteiger partial charge in [-0.3, -0.25) is 18.7 Å². The van der Waals surface area contributed by atoms with E-state index in [-0.39, 0.29) is 12.5 Å². The number of hydrogen-bond donors (Lipinski definition) is 0. The predicted molar refractivity (Wildman–Crippen MR) is 119 cm³/mol. The Hall–Kier alpha value is -3.94. The monoisotopic (exact) mass is 430 g/mol. The standard InChI is InChI=1S/C24H22N4O4/c1-14(12-28-13-25-21-20(28)22(29)27(3)24(31)26(21)2)32-23(30)19-17-10-6-4-8-15(17)16-9-5-7-11-18(16)19/h4-11,13-14,19H,12H2,1-3H3. The van der Waals surface area contributed by atoms with Gasteiger partial charge in [0, 0.05) is 14.1 Å². The van der Waals surface area contributed by atoms with Crippen molar-refractivity contribution in [3.8, 4) is 11.1 Å². The van der Waals surface area contributed by atoms with Crippen LogP contribution in [-0.4, -0.2) is 30.8 Å². The topological polar surface area (TPSA) is 88.1 Å². The van der Waals surface area contributed by atoms with Crippen molar-refractivity contribution in [3.05, 3.63) is 86.8 Å². The summed E-state index contributed by atoms with van der Waals surface area (Å²) < 4.78 is 9.83. The van der Waals surface area contributed by atoms with Crippen LogP contribution in [0.25, 0.3) is 22.3 Å². The van der Waals surface area contributed by atoms with Gasteiger partial charge in [0.25, 0.3) is 5.56 Å². The van der Waals surface area contributed by atoms with Gasteiger partial charge in [-0.1, -0.05) is 48.5 Å². The Bertz CT molecular complexity index is 1450. The largest absolute Gasteiger partial charge is 0.460 e. The Morgan fingerprint density at radius 3 is 2.22 bits per heavy atom. The van der Waals surface area contributed by atoms with Crippen LogP contribution in [0, 0.1) is 0 Å². The van der Waals surface area contributed by atoms with E-state index in [1.54, 1.807) is 18.5 Å². The smallest absolute Gasteiger partial charge is 0.332 e. The summed E-state index contributed by atoms with van der Waals surface area (Å²) in [5, 5.41) is 0. The Morgan fingerprint density at radius 2 is 1.59 bits per heavy atom. The highest BCUT2D eigenvalue weighted by molar-refractivity contribution is 5.93. The number of hydrogen-bond acceptors (Lipinski definition) is 5. The molecule has 162 valence electrons. The normalized spacial score (nSPS) is 13.7. The third-order valence-electron chi connectivity index (χ3n) is 6.06. The van der Waals surface area contributed by atoms with Crippen LogP contribution < -0.4 is 11.2 Å². The maximum absolute atomic E-state index is 13.2. The van der Waals surface area contributed by atoms with Gasteiger partial charge in [-0.05, 0) is 29.2 Å². The van der Waals surface area contributed by atoms with Crippen molar-refractivity contribution in [2.24, 2.45) is 14.1 Å². The van der Waals surface area contributed by atoms with Crippen LogP contribution in [0.1, 0.15) is 24.0 Å². The predicted octanol–water partition coefficient (Wildman–Crippen LogP) is 2.18. The molecular weight excluding hydrogens is 408 g/mol. The fourth-order valence-electron chi connectivity index (χ4n) is 4.53. The number of nitrogens with zero attached hydrogens (tertiary/aromatic N) is 4. The van der Waals surface area contributed by atoms with Crippen molar-refractivity contribution in [2.45, 2.75) is 25.5 Å². The summed E-state index contributed by atoms with van der Waals surface area (Å²) >= 11 is 0. The van der Waals surface area contributed by atoms with Gasteiger partial charge in [0.15, 0.2) is 11.2 Å². The van der Waals surface area contributed by atoms with Gasteiger partial charge in [0.05, 0.1) is 12.9 Å². The highest BCUT2D eigenvalue weighted by Crippen LogP contribution is 2.45. The zero-order valence-electron chi connectivity index (χ0n) is 18.0. The number of carbonyl (C=O) groups is 1. The number of aromatic nitrogens is 4. The van der Waals surface area contributed by atoms with Crippen LogP contribution in [0.5, 0.6) is 0 Å². The first-order valence-electron chi connectivity index (χ1n) is 10.4. The van der Waals surface area contributed by atoms with Gasteiger partial charge in [0.2, 0.25) is 0 Å². The molecule has 0 amide bonds. The fourth-order valence-corrected chi connectivity index (χ4v) is 4.53. The van der Waals surface area contributed by atoms with Gasteiger partial charge < -0.3 is 9.30 Å². The minimum absolute atomic E-state index is 0.242. The molecule has 1 aliphatic rings. The Morgan fingerprint density at radius 1 is 1.00 bits per heavy atom. The molecule has 32 heavy (non-hydrogen) atoms. The van der Waals surface area contributed by atoms with E-state index in [0.717, 1.165) is 26.8 Å². The van der Waals surface area contributed by atoms with E-state index in [2.05, 4.69) is 4.98 Å². The summed E-state index contributed by atoms with van der Waals surface area (Å²) in [6.45, 7) is 2.02. The van der Waals surface area contributed by atoms with E-state index >= 15 is 0 Å². The lowest BCUT2D eigenvalue weighted by Gasteiger charge is -2.18. The van der Waals surface area contributed by atoms with Crippen molar-refractivity contribution in [1.82, 2.24) is 18.7 Å². The molecule has 0 fully saturated rings. The van der Waals surface area contributed by atoms with E-state index in [1.165, 1.54) is 17.9 Å². The molecule has 8 heteroatoms. The summed E-state index contributed by atoms with van der Waals surface area (Å²) in [5.41, 5.74) is 3.68. The first kappa shape index (κ1) is 20.0. The molecule has 0 bridgehead atoms. The van der Waals surface area contributed by atoms with Gasteiger partial charge in [0.1, 0.15) is 12.0 Å². The number of esters is 1. The quantitative estimate of drug-likeness (QED) is 0.463. The zero-order valence-corrected chi connectivity index (χ0v) is 18.0. The summed E-state index contributed by atoms with van der Waals surface area (Å²) in [6.07, 6.45) is 0.984. The van der Waals surface area contributed by atoms with Gasteiger partial charge in [-0.25, -0.2) is 9.78 Å². The van der Waals surface area contributed by atoms with E-state index in [4.69, 9.17) is 4.74 Å². The third kappa shape index (κ3) is 2.90. The average Bonchev–Trinajstić information content (AvgIpc) is 3.35. The van der Waals surface area contributed by atoms with Crippen LogP contribution in [0.3, 0.4) is 0 Å². The lowest BCUT2D eigenvalue weighted by Crippen LogP contribution is -2.38. The molecule has 0 aliphatic heterocycles. The van der Waals surface area contributed by atoms with Crippen molar-refractivity contribution in [3.63, 3.8) is 0 Å². The number of fused-ring (bicyclic) bond motifs is 4. The zero-order chi connectivity index (χ0) is 22.6. The van der Waals surface area contributed by atoms with Crippen LogP contribution in [0.4, 0.5) is 0 Å². The molecule has 0 N–H and O–H groups in total. The van der Waals surface area contributed by atoms with Crippen molar-refractivity contribution < 1.29 is 9.53 Å². The van der Waals surface area contributed by atoms with E-state index in [1.807, 2.05) is 48.5 Å². The first-order valence-corrected chi connectivity index (χ1v) is 10.4. The first-order chi connectivity index (χ1) is 15.4. The highest BCUT2D eigenvalue weighted by atomic mass is 16.5. The number of benzene rings is 2. The Balaban J connectivity index is 1.44. The number of rotatable bonds is 4. The van der Waals surface area contributed by atoms with Crippen LogP contribution in [-0.2, 0) is 30.2 Å². The molecule has 4 aromatic rings. The van der Waals surface area contributed by atoms with E-state index < -0.39 is 23.3 Å². The molecule has 2 heterocycles. The molecule has 1 aliphatic carbocycles. The van der Waals surface area contributed by atoms with Crippen molar-refractivity contribution in [2.75, 3.05) is 0 Å². The second-order valence-corrected chi connectivity index (χ2v) is 8.13. The summed E-state index contributed by atoms with van der Waals surface area (Å²) in [4.78, 5) is 42.2. The number of aryl methyl sites for hydroxylation is 1. The van der Waals surface area contributed by atoms with Crippen LogP contribution in [0.2, 0.25) is 0 Å². The lowest BCUT2D eigenvalue weighted by molar-refractivity contribution is -0.149. The summed E-state index contributed by atoms with van der Waals surface area (Å²) in [7, 11) is 3.00. The molecule has 5 rings (SSSR count). The highest BCUT2D eigenvalue weighted by Gasteiger charge is 2.35.